The van der Waals surface area contributed by atoms with E-state index in [4.69, 9.17) is 0 Å². The molecule has 0 saturated carbocycles. The van der Waals surface area contributed by atoms with Crippen LogP contribution in [0.25, 0.3) is 0 Å². The Morgan fingerprint density at radius 1 is 1.07 bits per heavy atom. The maximum absolute atomic E-state index is 13.1. The Hall–Kier alpha value is -2.58. The van der Waals surface area contributed by atoms with Gasteiger partial charge in [0.1, 0.15) is 17.5 Å². The van der Waals surface area contributed by atoms with Gasteiger partial charge in [-0.3, -0.25) is 9.69 Å². The number of amides is 1. The third-order valence-corrected chi connectivity index (χ3v) is 6.05. The Balaban J connectivity index is 1.27. The minimum absolute atomic E-state index is 0.0678. The molecular formula is C22H28FN5O2. The lowest BCUT2D eigenvalue weighted by Gasteiger charge is -2.43. The Bertz CT molecular complexity index is 875. The predicted molar refractivity (Wildman–Crippen MR) is 112 cm³/mol. The van der Waals surface area contributed by atoms with Crippen molar-refractivity contribution in [2.75, 3.05) is 50.7 Å². The Morgan fingerprint density at radius 3 is 2.37 bits per heavy atom. The monoisotopic (exact) mass is 413 g/mol. The molecule has 160 valence electrons. The lowest BCUT2D eigenvalue weighted by molar-refractivity contribution is -0.0252. The maximum Gasteiger partial charge on any atom is 0.253 e. The minimum atomic E-state index is -0.721. The minimum Gasteiger partial charge on any atom is -0.388 e. The fourth-order valence-electron chi connectivity index (χ4n) is 4.23. The van der Waals surface area contributed by atoms with Gasteiger partial charge in [0.2, 0.25) is 0 Å². The van der Waals surface area contributed by atoms with Gasteiger partial charge in [-0.25, -0.2) is 14.4 Å². The molecule has 2 aromatic rings. The summed E-state index contributed by atoms with van der Waals surface area (Å²) < 4.78 is 13.1. The molecule has 0 bridgehead atoms. The summed E-state index contributed by atoms with van der Waals surface area (Å²) in [4.78, 5) is 27.4. The Morgan fingerprint density at radius 2 is 1.73 bits per heavy atom. The zero-order valence-corrected chi connectivity index (χ0v) is 17.3. The standard InChI is InChI=1S/C22H28FN5O2/c1-17-24-9-6-20(25-17)27-10-7-22(30,8-11-27)16-26-12-14-28(15-13-26)21(29)18-2-4-19(23)5-3-18/h2-6,9,30H,7-8,10-16H2,1H3. The van der Waals surface area contributed by atoms with E-state index in [0.717, 1.165) is 37.8 Å². The number of hydrogen-bond acceptors (Lipinski definition) is 6. The van der Waals surface area contributed by atoms with E-state index in [-0.39, 0.29) is 11.7 Å². The smallest absolute Gasteiger partial charge is 0.253 e. The number of halogens is 1. The van der Waals surface area contributed by atoms with Crippen molar-refractivity contribution in [3.63, 3.8) is 0 Å². The summed E-state index contributed by atoms with van der Waals surface area (Å²) in [5, 5.41) is 11.1. The van der Waals surface area contributed by atoms with Crippen LogP contribution in [0.1, 0.15) is 29.0 Å². The number of carbonyl (C=O) groups is 1. The first kappa shape index (κ1) is 20.7. The van der Waals surface area contributed by atoms with Crippen molar-refractivity contribution in [3.8, 4) is 0 Å². The summed E-state index contributed by atoms with van der Waals surface area (Å²) in [7, 11) is 0. The number of anilines is 1. The van der Waals surface area contributed by atoms with Gasteiger partial charge in [-0.15, -0.1) is 0 Å². The number of rotatable bonds is 4. The lowest BCUT2D eigenvalue weighted by atomic mass is 9.90. The van der Waals surface area contributed by atoms with E-state index in [2.05, 4.69) is 19.8 Å². The third-order valence-electron chi connectivity index (χ3n) is 6.05. The zero-order chi connectivity index (χ0) is 21.1. The summed E-state index contributed by atoms with van der Waals surface area (Å²) in [6, 6.07) is 7.59. The van der Waals surface area contributed by atoms with Crippen LogP contribution in [-0.2, 0) is 0 Å². The molecule has 0 aliphatic carbocycles. The molecule has 3 heterocycles. The molecule has 2 aliphatic rings. The van der Waals surface area contributed by atoms with Gasteiger partial charge in [0.15, 0.2) is 0 Å². The van der Waals surface area contributed by atoms with E-state index in [1.165, 1.54) is 24.3 Å². The molecule has 1 N–H and O–H groups in total. The van der Waals surface area contributed by atoms with Crippen LogP contribution >= 0.6 is 0 Å². The fraction of sp³-hybridized carbons (Fsp3) is 0.500. The number of aryl methyl sites for hydroxylation is 1. The van der Waals surface area contributed by atoms with Gasteiger partial charge >= 0.3 is 0 Å². The topological polar surface area (TPSA) is 72.8 Å². The van der Waals surface area contributed by atoms with E-state index < -0.39 is 5.60 Å². The van der Waals surface area contributed by atoms with Crippen LogP contribution in [-0.4, -0.2) is 82.2 Å². The molecule has 8 heteroatoms. The molecule has 0 radical (unpaired) electrons. The number of benzene rings is 1. The third kappa shape index (κ3) is 4.76. The van der Waals surface area contributed by atoms with Crippen LogP contribution in [0.2, 0.25) is 0 Å². The second-order valence-corrected chi connectivity index (χ2v) is 8.25. The van der Waals surface area contributed by atoms with Crippen LogP contribution in [0, 0.1) is 12.7 Å². The molecular weight excluding hydrogens is 385 g/mol. The largest absolute Gasteiger partial charge is 0.388 e. The van der Waals surface area contributed by atoms with Gasteiger partial charge in [-0.05, 0) is 50.1 Å². The average molecular weight is 413 g/mol. The van der Waals surface area contributed by atoms with Gasteiger partial charge in [-0.1, -0.05) is 0 Å². The van der Waals surface area contributed by atoms with E-state index in [1.54, 1.807) is 11.1 Å². The number of piperazine rings is 1. The number of carbonyl (C=O) groups excluding carboxylic acids is 1. The van der Waals surface area contributed by atoms with E-state index in [0.29, 0.717) is 38.0 Å². The summed E-state index contributed by atoms with van der Waals surface area (Å²) in [6.45, 7) is 6.68. The number of β-amino-alcohol motifs (C(OH)–C–C–N with tert-alkyl or cyclic N) is 1. The second-order valence-electron chi connectivity index (χ2n) is 8.25. The molecule has 1 amide bonds. The molecule has 0 atom stereocenters. The SMILES string of the molecule is Cc1nccc(N2CCC(O)(CN3CCN(C(=O)c4ccc(F)cc4)CC3)CC2)n1. The van der Waals surface area contributed by atoms with E-state index >= 15 is 0 Å². The Labute approximate surface area is 176 Å². The van der Waals surface area contributed by atoms with Crippen LogP contribution in [0.5, 0.6) is 0 Å². The first-order valence-corrected chi connectivity index (χ1v) is 10.5. The molecule has 7 nitrogen and oxygen atoms in total. The van der Waals surface area contributed by atoms with E-state index in [9.17, 15) is 14.3 Å². The normalized spacial score (nSPS) is 19.7. The highest BCUT2D eigenvalue weighted by atomic mass is 19.1. The number of hydrogen-bond donors (Lipinski definition) is 1. The molecule has 1 aromatic carbocycles. The van der Waals surface area contributed by atoms with Gasteiger partial charge in [0, 0.05) is 57.6 Å². The van der Waals surface area contributed by atoms with Crippen molar-refractivity contribution >= 4 is 11.7 Å². The fourth-order valence-corrected chi connectivity index (χ4v) is 4.23. The van der Waals surface area contributed by atoms with Crippen LogP contribution < -0.4 is 4.90 Å². The highest BCUT2D eigenvalue weighted by molar-refractivity contribution is 5.94. The van der Waals surface area contributed by atoms with Crippen LogP contribution in [0.4, 0.5) is 10.2 Å². The number of aliphatic hydroxyl groups is 1. The summed E-state index contributed by atoms with van der Waals surface area (Å²) in [5.41, 5.74) is -0.211. The number of piperidine rings is 1. The molecule has 0 unspecified atom stereocenters. The van der Waals surface area contributed by atoms with Crippen molar-refractivity contribution in [2.24, 2.45) is 0 Å². The molecule has 4 rings (SSSR count). The summed E-state index contributed by atoms with van der Waals surface area (Å²) in [5.74, 6) is 1.26. The molecule has 2 fully saturated rings. The van der Waals surface area contributed by atoms with Crippen molar-refractivity contribution in [1.82, 2.24) is 19.8 Å². The van der Waals surface area contributed by atoms with Crippen LogP contribution in [0.15, 0.2) is 36.5 Å². The maximum atomic E-state index is 13.1. The quantitative estimate of drug-likeness (QED) is 0.823. The first-order valence-electron chi connectivity index (χ1n) is 10.5. The van der Waals surface area contributed by atoms with Crippen LogP contribution in [0.3, 0.4) is 0 Å². The highest BCUT2D eigenvalue weighted by Crippen LogP contribution is 2.26. The highest BCUT2D eigenvalue weighted by Gasteiger charge is 2.35. The molecule has 2 aliphatic heterocycles. The van der Waals surface area contributed by atoms with Gasteiger partial charge in [-0.2, -0.15) is 0 Å². The second kappa shape index (κ2) is 8.65. The molecule has 1 aromatic heterocycles. The van der Waals surface area contributed by atoms with Crippen molar-refractivity contribution in [2.45, 2.75) is 25.4 Å². The van der Waals surface area contributed by atoms with Crippen molar-refractivity contribution in [1.29, 1.82) is 0 Å². The molecule has 0 spiro atoms. The first-order chi connectivity index (χ1) is 14.4. The summed E-state index contributed by atoms with van der Waals surface area (Å²) in [6.07, 6.45) is 3.14. The Kier molecular flexibility index (Phi) is 5.97. The van der Waals surface area contributed by atoms with Gasteiger partial charge < -0.3 is 14.9 Å². The van der Waals surface area contributed by atoms with Gasteiger partial charge in [0.05, 0.1) is 5.60 Å². The van der Waals surface area contributed by atoms with E-state index in [1.807, 2.05) is 13.0 Å². The van der Waals surface area contributed by atoms with Crippen molar-refractivity contribution < 1.29 is 14.3 Å². The summed E-state index contributed by atoms with van der Waals surface area (Å²) >= 11 is 0. The predicted octanol–water partition coefficient (Wildman–Crippen LogP) is 1.71. The molecule has 2 saturated heterocycles. The molecule has 30 heavy (non-hydrogen) atoms. The average Bonchev–Trinajstić information content (AvgIpc) is 2.75. The van der Waals surface area contributed by atoms with Gasteiger partial charge in [0.25, 0.3) is 5.91 Å². The zero-order valence-electron chi connectivity index (χ0n) is 17.3. The number of nitrogens with zero attached hydrogens (tertiary/aromatic N) is 5. The lowest BCUT2D eigenvalue weighted by Crippen LogP contribution is -2.56. The van der Waals surface area contributed by atoms with Crippen molar-refractivity contribution in [3.05, 3.63) is 53.7 Å². The number of aromatic nitrogens is 2.